The van der Waals surface area contributed by atoms with E-state index in [2.05, 4.69) is 34.7 Å². The predicted molar refractivity (Wildman–Crippen MR) is 102 cm³/mol. The number of anilines is 1. The van der Waals surface area contributed by atoms with Crippen LogP contribution in [0.25, 0.3) is 0 Å². The van der Waals surface area contributed by atoms with E-state index in [1.807, 2.05) is 24.4 Å². The highest BCUT2D eigenvalue weighted by Crippen LogP contribution is 2.21. The molecule has 0 spiro atoms. The second-order valence-corrected chi connectivity index (χ2v) is 6.96. The van der Waals surface area contributed by atoms with Crippen LogP contribution in [-0.2, 0) is 6.54 Å². The fourth-order valence-corrected chi connectivity index (χ4v) is 3.29. The van der Waals surface area contributed by atoms with Gasteiger partial charge in [0.25, 0.3) is 5.91 Å². The van der Waals surface area contributed by atoms with Gasteiger partial charge in [0.1, 0.15) is 0 Å². The first-order valence-electron chi connectivity index (χ1n) is 9.26. The highest BCUT2D eigenvalue weighted by atomic mass is 16.1. The minimum absolute atomic E-state index is 0.0856. The fourth-order valence-electron chi connectivity index (χ4n) is 3.29. The topological polar surface area (TPSA) is 54.0 Å². The van der Waals surface area contributed by atoms with E-state index in [9.17, 15) is 4.79 Å². The number of amides is 1. The van der Waals surface area contributed by atoms with Gasteiger partial charge >= 0.3 is 0 Å². The lowest BCUT2D eigenvalue weighted by molar-refractivity contribution is 0.0950. The zero-order valence-electron chi connectivity index (χ0n) is 14.9. The number of nitrogens with one attached hydrogen (secondary N) is 2. The van der Waals surface area contributed by atoms with Crippen molar-refractivity contribution in [1.82, 2.24) is 10.3 Å². The van der Waals surface area contributed by atoms with Gasteiger partial charge in [-0.1, -0.05) is 55.5 Å². The third-order valence-corrected chi connectivity index (χ3v) is 4.80. The maximum absolute atomic E-state index is 12.4. The zero-order valence-corrected chi connectivity index (χ0v) is 14.9. The number of carbonyl (C=O) groups excluding carboxylic acids is 1. The average Bonchev–Trinajstić information content (AvgIpc) is 2.90. The number of aromatic nitrogens is 1. The van der Waals surface area contributed by atoms with Gasteiger partial charge in [-0.15, -0.1) is 0 Å². The van der Waals surface area contributed by atoms with E-state index in [1.54, 1.807) is 6.20 Å². The molecule has 0 bridgehead atoms. The molecular weight excluding hydrogens is 310 g/mol. The van der Waals surface area contributed by atoms with Gasteiger partial charge in [0.15, 0.2) is 0 Å². The number of hydrogen-bond donors (Lipinski definition) is 2. The number of pyridine rings is 1. The summed E-state index contributed by atoms with van der Waals surface area (Å²) in [7, 11) is 0. The Hall–Kier alpha value is -2.36. The Bertz CT molecular complexity index is 689. The molecule has 1 aromatic carbocycles. The first-order valence-corrected chi connectivity index (χ1v) is 9.26. The first-order chi connectivity index (χ1) is 12.2. The molecule has 3 rings (SSSR count). The largest absolute Gasteiger partial charge is 0.381 e. The second kappa shape index (κ2) is 8.65. The quantitative estimate of drug-likeness (QED) is 0.792. The maximum atomic E-state index is 12.4. The van der Waals surface area contributed by atoms with E-state index in [-0.39, 0.29) is 5.91 Å². The summed E-state index contributed by atoms with van der Waals surface area (Å²) in [5, 5.41) is 6.52. The molecule has 1 saturated carbocycles. The lowest BCUT2D eigenvalue weighted by atomic mass is 10.1. The van der Waals surface area contributed by atoms with Crippen molar-refractivity contribution < 1.29 is 4.79 Å². The van der Waals surface area contributed by atoms with E-state index in [0.29, 0.717) is 18.2 Å². The summed E-state index contributed by atoms with van der Waals surface area (Å²) in [6.45, 7) is 2.58. The molecule has 1 aliphatic rings. The Morgan fingerprint density at radius 3 is 2.52 bits per heavy atom. The molecule has 2 N–H and O–H groups in total. The molecule has 0 atom stereocenters. The van der Waals surface area contributed by atoms with Gasteiger partial charge in [0.2, 0.25) is 0 Å². The Kier molecular flexibility index (Phi) is 6.04. The van der Waals surface area contributed by atoms with Crippen molar-refractivity contribution >= 4 is 11.6 Å². The van der Waals surface area contributed by atoms with Crippen LogP contribution in [-0.4, -0.2) is 16.9 Å². The van der Waals surface area contributed by atoms with Gasteiger partial charge in [0.05, 0.1) is 11.3 Å². The molecule has 1 aromatic heterocycles. The summed E-state index contributed by atoms with van der Waals surface area (Å²) >= 11 is 0. The van der Waals surface area contributed by atoms with Crippen LogP contribution in [0.1, 0.15) is 60.0 Å². The van der Waals surface area contributed by atoms with Crippen LogP contribution in [0.2, 0.25) is 0 Å². The van der Waals surface area contributed by atoms with Gasteiger partial charge < -0.3 is 10.6 Å². The summed E-state index contributed by atoms with van der Waals surface area (Å²) in [4.78, 5) is 16.6. The average molecular weight is 337 g/mol. The number of benzene rings is 1. The van der Waals surface area contributed by atoms with E-state index in [0.717, 1.165) is 11.3 Å². The summed E-state index contributed by atoms with van der Waals surface area (Å²) in [5.41, 5.74) is 3.86. The van der Waals surface area contributed by atoms with Gasteiger partial charge in [-0.25, -0.2) is 0 Å². The van der Waals surface area contributed by atoms with Crippen LogP contribution >= 0.6 is 0 Å². The molecule has 0 saturated heterocycles. The Labute approximate surface area is 150 Å². The fraction of sp³-hybridized carbons (Fsp3) is 0.429. The molecule has 2 aromatic rings. The summed E-state index contributed by atoms with van der Waals surface area (Å²) in [5.74, 6) is -0.0856. The molecule has 1 heterocycles. The molecule has 1 aliphatic carbocycles. The molecule has 4 heteroatoms. The van der Waals surface area contributed by atoms with Gasteiger partial charge in [-0.2, -0.15) is 0 Å². The van der Waals surface area contributed by atoms with E-state index in [4.69, 9.17) is 0 Å². The van der Waals surface area contributed by atoms with E-state index in [1.165, 1.54) is 44.1 Å². The highest BCUT2D eigenvalue weighted by molar-refractivity contribution is 5.94. The smallest absolute Gasteiger partial charge is 0.253 e. The normalized spacial score (nSPS) is 15.4. The number of rotatable bonds is 5. The standard InChI is InChI=1S/C21H27N3O/c1-16-8-10-17(11-9-16)13-23-21(25)18-12-20(15-22-14-18)24-19-6-4-2-3-5-7-19/h8-12,14-15,19,24H,2-7,13H2,1H3,(H,23,25). The summed E-state index contributed by atoms with van der Waals surface area (Å²) < 4.78 is 0. The van der Waals surface area contributed by atoms with E-state index < -0.39 is 0 Å². The zero-order chi connectivity index (χ0) is 17.5. The molecule has 4 nitrogen and oxygen atoms in total. The Balaban J connectivity index is 1.58. The van der Waals surface area contributed by atoms with E-state index >= 15 is 0 Å². The monoisotopic (exact) mass is 337 g/mol. The van der Waals surface area contributed by atoms with Crippen LogP contribution < -0.4 is 10.6 Å². The summed E-state index contributed by atoms with van der Waals surface area (Å²) in [6.07, 6.45) is 11.1. The second-order valence-electron chi connectivity index (χ2n) is 6.96. The van der Waals surface area contributed by atoms with Crippen molar-refractivity contribution in [2.45, 2.75) is 58.0 Å². The third kappa shape index (κ3) is 5.31. The van der Waals surface area contributed by atoms with Gasteiger partial charge in [-0.3, -0.25) is 9.78 Å². The van der Waals surface area contributed by atoms with Crippen molar-refractivity contribution in [1.29, 1.82) is 0 Å². The van der Waals surface area contributed by atoms with Crippen LogP contribution in [0, 0.1) is 6.92 Å². The van der Waals surface area contributed by atoms with Crippen molar-refractivity contribution in [3.05, 3.63) is 59.4 Å². The number of carbonyl (C=O) groups is 1. The minimum atomic E-state index is -0.0856. The summed E-state index contributed by atoms with van der Waals surface area (Å²) in [6, 6.07) is 10.6. The molecule has 1 fully saturated rings. The molecule has 0 unspecified atom stereocenters. The first kappa shape index (κ1) is 17.5. The molecule has 0 radical (unpaired) electrons. The molecule has 0 aliphatic heterocycles. The Morgan fingerprint density at radius 1 is 1.08 bits per heavy atom. The van der Waals surface area contributed by atoms with Crippen molar-refractivity contribution in [2.24, 2.45) is 0 Å². The predicted octanol–water partition coefficient (Wildman–Crippen LogP) is 4.45. The van der Waals surface area contributed by atoms with Crippen LogP contribution in [0.5, 0.6) is 0 Å². The highest BCUT2D eigenvalue weighted by Gasteiger charge is 2.13. The number of hydrogen-bond acceptors (Lipinski definition) is 3. The van der Waals surface area contributed by atoms with Crippen molar-refractivity contribution in [3.8, 4) is 0 Å². The molecule has 25 heavy (non-hydrogen) atoms. The minimum Gasteiger partial charge on any atom is -0.381 e. The number of aryl methyl sites for hydroxylation is 1. The maximum Gasteiger partial charge on any atom is 0.253 e. The van der Waals surface area contributed by atoms with Crippen molar-refractivity contribution in [2.75, 3.05) is 5.32 Å². The van der Waals surface area contributed by atoms with Gasteiger partial charge in [-0.05, 0) is 31.4 Å². The molecule has 1 amide bonds. The molecule has 132 valence electrons. The molecular formula is C21H27N3O. The Morgan fingerprint density at radius 2 is 1.80 bits per heavy atom. The SMILES string of the molecule is Cc1ccc(CNC(=O)c2cncc(NC3CCCCCC3)c2)cc1. The van der Waals surface area contributed by atoms with Crippen LogP contribution in [0.4, 0.5) is 5.69 Å². The van der Waals surface area contributed by atoms with Crippen LogP contribution in [0.3, 0.4) is 0 Å². The van der Waals surface area contributed by atoms with Crippen LogP contribution in [0.15, 0.2) is 42.7 Å². The third-order valence-electron chi connectivity index (χ3n) is 4.80. The van der Waals surface area contributed by atoms with Gasteiger partial charge in [0, 0.05) is 25.0 Å². The number of nitrogens with zero attached hydrogens (tertiary/aromatic N) is 1. The lowest BCUT2D eigenvalue weighted by Crippen LogP contribution is -2.23. The van der Waals surface area contributed by atoms with Crippen molar-refractivity contribution in [3.63, 3.8) is 0 Å². The lowest BCUT2D eigenvalue weighted by Gasteiger charge is -2.17.